The Balaban J connectivity index is 2.20. The van der Waals surface area contributed by atoms with Gasteiger partial charge in [-0.2, -0.15) is 11.3 Å². The van der Waals surface area contributed by atoms with Gasteiger partial charge in [0.1, 0.15) is 0 Å². The minimum Gasteiger partial charge on any atom is -0.152 e. The Hall–Kier alpha value is -1.34. The number of rotatable bonds is 1. The predicted molar refractivity (Wildman–Crippen MR) is 66.2 cm³/mol. The molecule has 0 aliphatic heterocycles. The zero-order valence-electron chi connectivity index (χ0n) is 8.66. The highest BCUT2D eigenvalue weighted by Gasteiger charge is 2.19. The van der Waals surface area contributed by atoms with Crippen LogP contribution in [0.25, 0.3) is 5.57 Å². The van der Waals surface area contributed by atoms with Crippen molar-refractivity contribution in [2.75, 3.05) is 0 Å². The second-order valence-corrected chi connectivity index (χ2v) is 4.78. The maximum Gasteiger partial charge on any atom is -0.00145 e. The Morgan fingerprint density at radius 2 is 2.00 bits per heavy atom. The molecule has 0 nitrogen and oxygen atoms in total. The van der Waals surface area contributed by atoms with E-state index in [1.54, 1.807) is 11.3 Å². The van der Waals surface area contributed by atoms with Gasteiger partial charge >= 0.3 is 0 Å². The third-order valence-corrected chi connectivity index (χ3v) is 3.66. The van der Waals surface area contributed by atoms with Crippen LogP contribution in [0.3, 0.4) is 0 Å². The van der Waals surface area contributed by atoms with E-state index in [2.05, 4.69) is 48.0 Å². The van der Waals surface area contributed by atoms with Crippen LogP contribution in [-0.4, -0.2) is 0 Å². The summed E-state index contributed by atoms with van der Waals surface area (Å²) >= 11 is 1.77. The first-order valence-electron chi connectivity index (χ1n) is 5.17. The lowest BCUT2D eigenvalue weighted by Gasteiger charge is -2.03. The van der Waals surface area contributed by atoms with Gasteiger partial charge < -0.3 is 0 Å². The number of hydrogen-bond acceptors (Lipinski definition) is 1. The number of fused-ring (bicyclic) bond motifs is 1. The van der Waals surface area contributed by atoms with Gasteiger partial charge in [-0.3, -0.25) is 0 Å². The fourth-order valence-electron chi connectivity index (χ4n) is 2.33. The molecule has 1 heterocycles. The molecule has 15 heavy (non-hydrogen) atoms. The van der Waals surface area contributed by atoms with Crippen LogP contribution in [0.4, 0.5) is 0 Å². The molecule has 0 radical (unpaired) electrons. The first kappa shape index (κ1) is 8.93. The first-order chi connectivity index (χ1) is 7.36. The smallest absolute Gasteiger partial charge is 0.00145 e. The van der Waals surface area contributed by atoms with Gasteiger partial charge in [-0.05, 0) is 52.4 Å². The minimum atomic E-state index is 1.11. The maximum atomic E-state index is 2.24. The topological polar surface area (TPSA) is 0 Å². The summed E-state index contributed by atoms with van der Waals surface area (Å²) in [6, 6.07) is 10.9. The standard InChI is InChI=1S/C14H12S/c1-10-8-11-4-2-3-5-13(11)14(10)12-6-7-15-9-12/h2-7,9H,8H2,1H3. The van der Waals surface area contributed by atoms with Gasteiger partial charge in [0.15, 0.2) is 0 Å². The summed E-state index contributed by atoms with van der Waals surface area (Å²) in [6.07, 6.45) is 1.11. The molecule has 0 unspecified atom stereocenters. The van der Waals surface area contributed by atoms with Crippen molar-refractivity contribution in [3.8, 4) is 0 Å². The molecule has 1 aromatic carbocycles. The third kappa shape index (κ3) is 1.35. The summed E-state index contributed by atoms with van der Waals surface area (Å²) < 4.78 is 0. The van der Waals surface area contributed by atoms with Crippen molar-refractivity contribution in [2.45, 2.75) is 13.3 Å². The Morgan fingerprint density at radius 3 is 2.80 bits per heavy atom. The number of benzene rings is 1. The average molecular weight is 212 g/mol. The lowest BCUT2D eigenvalue weighted by molar-refractivity contribution is 1.19. The van der Waals surface area contributed by atoms with E-state index in [1.165, 1.54) is 27.8 Å². The zero-order valence-corrected chi connectivity index (χ0v) is 9.47. The summed E-state index contributed by atoms with van der Waals surface area (Å²) in [4.78, 5) is 0. The van der Waals surface area contributed by atoms with Crippen LogP contribution in [0, 0.1) is 0 Å². The lowest BCUT2D eigenvalue weighted by Crippen LogP contribution is -1.83. The highest BCUT2D eigenvalue weighted by molar-refractivity contribution is 7.08. The van der Waals surface area contributed by atoms with Gasteiger partial charge in [0.25, 0.3) is 0 Å². The molecule has 0 atom stereocenters. The van der Waals surface area contributed by atoms with Crippen LogP contribution < -0.4 is 0 Å². The summed E-state index contributed by atoms with van der Waals surface area (Å²) in [5.41, 5.74) is 7.22. The molecule has 0 saturated heterocycles. The largest absolute Gasteiger partial charge is 0.152 e. The van der Waals surface area contributed by atoms with E-state index in [0.29, 0.717) is 0 Å². The van der Waals surface area contributed by atoms with E-state index >= 15 is 0 Å². The molecule has 3 rings (SSSR count). The maximum absolute atomic E-state index is 2.24. The molecule has 0 bridgehead atoms. The summed E-state index contributed by atoms with van der Waals surface area (Å²) in [6.45, 7) is 2.24. The fourth-order valence-corrected chi connectivity index (χ4v) is 2.98. The van der Waals surface area contributed by atoms with Crippen LogP contribution in [0.2, 0.25) is 0 Å². The molecule has 0 N–H and O–H groups in total. The van der Waals surface area contributed by atoms with Gasteiger partial charge in [-0.15, -0.1) is 0 Å². The normalized spacial score (nSPS) is 14.5. The molecule has 0 amide bonds. The molecule has 1 aromatic heterocycles. The average Bonchev–Trinajstić information content (AvgIpc) is 2.82. The molecule has 74 valence electrons. The molecule has 0 fully saturated rings. The highest BCUT2D eigenvalue weighted by Crippen LogP contribution is 2.37. The van der Waals surface area contributed by atoms with E-state index in [9.17, 15) is 0 Å². The number of thiophene rings is 1. The molecule has 1 aliphatic carbocycles. The minimum absolute atomic E-state index is 1.11. The Bertz CT molecular complexity index is 518. The quantitative estimate of drug-likeness (QED) is 0.667. The number of allylic oxidation sites excluding steroid dienone is 1. The summed E-state index contributed by atoms with van der Waals surface area (Å²) in [5, 5.41) is 4.39. The van der Waals surface area contributed by atoms with Gasteiger partial charge in [-0.25, -0.2) is 0 Å². The van der Waals surface area contributed by atoms with Crippen molar-refractivity contribution < 1.29 is 0 Å². The van der Waals surface area contributed by atoms with E-state index in [1.807, 2.05) is 0 Å². The summed E-state index contributed by atoms with van der Waals surface area (Å²) in [5.74, 6) is 0. The Kier molecular flexibility index (Phi) is 2.00. The molecule has 1 heteroatoms. The molecular formula is C14H12S. The second kappa shape index (κ2) is 3.35. The van der Waals surface area contributed by atoms with Crippen LogP contribution in [0.15, 0.2) is 46.7 Å². The van der Waals surface area contributed by atoms with E-state index in [0.717, 1.165) is 6.42 Å². The van der Waals surface area contributed by atoms with Gasteiger partial charge in [-0.1, -0.05) is 29.8 Å². The third-order valence-electron chi connectivity index (χ3n) is 2.98. The van der Waals surface area contributed by atoms with Gasteiger partial charge in [0.2, 0.25) is 0 Å². The van der Waals surface area contributed by atoms with Crippen molar-refractivity contribution in [1.29, 1.82) is 0 Å². The molecule has 0 spiro atoms. The van der Waals surface area contributed by atoms with Crippen molar-refractivity contribution >= 4 is 16.9 Å². The molecule has 1 aliphatic rings. The van der Waals surface area contributed by atoms with Crippen LogP contribution in [0.1, 0.15) is 23.6 Å². The van der Waals surface area contributed by atoms with Crippen molar-refractivity contribution in [3.63, 3.8) is 0 Å². The SMILES string of the molecule is CC1=C(c2ccsc2)c2ccccc2C1. The Labute approximate surface area is 93.9 Å². The number of hydrogen-bond donors (Lipinski definition) is 0. The van der Waals surface area contributed by atoms with Crippen molar-refractivity contribution in [1.82, 2.24) is 0 Å². The van der Waals surface area contributed by atoms with E-state index in [4.69, 9.17) is 0 Å². The molecule has 0 saturated carbocycles. The van der Waals surface area contributed by atoms with Crippen LogP contribution in [-0.2, 0) is 6.42 Å². The summed E-state index contributed by atoms with van der Waals surface area (Å²) in [7, 11) is 0. The molecular weight excluding hydrogens is 200 g/mol. The van der Waals surface area contributed by atoms with Gasteiger partial charge in [0, 0.05) is 0 Å². The highest BCUT2D eigenvalue weighted by atomic mass is 32.1. The van der Waals surface area contributed by atoms with Crippen molar-refractivity contribution in [2.24, 2.45) is 0 Å². The zero-order chi connectivity index (χ0) is 10.3. The van der Waals surface area contributed by atoms with Crippen LogP contribution >= 0.6 is 11.3 Å². The Morgan fingerprint density at radius 1 is 1.13 bits per heavy atom. The van der Waals surface area contributed by atoms with E-state index < -0.39 is 0 Å². The fraction of sp³-hybridized carbons (Fsp3) is 0.143. The monoisotopic (exact) mass is 212 g/mol. The second-order valence-electron chi connectivity index (χ2n) is 4.00. The predicted octanol–water partition coefficient (Wildman–Crippen LogP) is 4.13. The van der Waals surface area contributed by atoms with E-state index in [-0.39, 0.29) is 0 Å². The lowest BCUT2D eigenvalue weighted by atomic mass is 10.0. The van der Waals surface area contributed by atoms with Crippen molar-refractivity contribution in [3.05, 3.63) is 63.4 Å². The van der Waals surface area contributed by atoms with Gasteiger partial charge in [0.05, 0.1) is 0 Å². The molecule has 2 aromatic rings. The van der Waals surface area contributed by atoms with Crippen LogP contribution in [0.5, 0.6) is 0 Å². The first-order valence-corrected chi connectivity index (χ1v) is 6.11.